The fourth-order valence-electron chi connectivity index (χ4n) is 2.71. The lowest BCUT2D eigenvalue weighted by molar-refractivity contribution is -0.116. The second-order valence-electron chi connectivity index (χ2n) is 6.39. The molecule has 0 fully saturated rings. The second kappa shape index (κ2) is 10.7. The third-order valence-corrected chi connectivity index (χ3v) is 4.13. The van der Waals surface area contributed by atoms with Gasteiger partial charge in [-0.25, -0.2) is 0 Å². The smallest absolute Gasteiger partial charge is 0.286 e. The van der Waals surface area contributed by atoms with Crippen LogP contribution in [-0.4, -0.2) is 25.0 Å². The molecule has 2 N–H and O–H groups in total. The zero-order valence-corrected chi connectivity index (χ0v) is 16.7. The van der Waals surface area contributed by atoms with Crippen LogP contribution >= 0.6 is 0 Å². The van der Waals surface area contributed by atoms with Crippen LogP contribution in [0.2, 0.25) is 0 Å². The normalized spacial score (nSPS) is 10.3. The minimum absolute atomic E-state index is 0.162. The highest BCUT2D eigenvalue weighted by Gasteiger charge is 2.10. The number of para-hydroxylation sites is 2. The first-order valence-electron chi connectivity index (χ1n) is 9.77. The number of carbonyl (C=O) groups excluding carboxylic acids is 2. The van der Waals surface area contributed by atoms with E-state index in [4.69, 9.17) is 13.9 Å². The summed E-state index contributed by atoms with van der Waals surface area (Å²) < 4.78 is 16.4. The van der Waals surface area contributed by atoms with E-state index in [2.05, 4.69) is 10.6 Å². The van der Waals surface area contributed by atoms with Crippen molar-refractivity contribution in [2.45, 2.75) is 19.8 Å². The summed E-state index contributed by atoms with van der Waals surface area (Å²) in [6.45, 7) is 2.90. The van der Waals surface area contributed by atoms with Gasteiger partial charge in [0.2, 0.25) is 5.91 Å². The van der Waals surface area contributed by atoms with Crippen LogP contribution in [0.3, 0.4) is 0 Å². The quantitative estimate of drug-likeness (QED) is 0.478. The van der Waals surface area contributed by atoms with E-state index < -0.39 is 0 Å². The van der Waals surface area contributed by atoms with Crippen LogP contribution < -0.4 is 20.1 Å². The molecule has 0 radical (unpaired) electrons. The van der Waals surface area contributed by atoms with E-state index in [9.17, 15) is 9.59 Å². The SMILES string of the molecule is CCOc1ccc(Oc2ccccc2NC(=O)CCCNC(=O)c2ccco2)cc1. The van der Waals surface area contributed by atoms with E-state index in [-0.39, 0.29) is 24.0 Å². The van der Waals surface area contributed by atoms with Crippen molar-refractivity contribution in [3.63, 3.8) is 0 Å². The fraction of sp³-hybridized carbons (Fsp3) is 0.217. The number of nitrogens with one attached hydrogen (secondary N) is 2. The number of furan rings is 1. The number of rotatable bonds is 10. The van der Waals surface area contributed by atoms with E-state index in [1.54, 1.807) is 24.3 Å². The predicted molar refractivity (Wildman–Crippen MR) is 113 cm³/mol. The summed E-state index contributed by atoms with van der Waals surface area (Å²) in [7, 11) is 0. The number of benzene rings is 2. The summed E-state index contributed by atoms with van der Waals surface area (Å²) in [4.78, 5) is 24.1. The lowest BCUT2D eigenvalue weighted by Gasteiger charge is -2.13. The van der Waals surface area contributed by atoms with E-state index >= 15 is 0 Å². The molecule has 0 atom stereocenters. The highest BCUT2D eigenvalue weighted by atomic mass is 16.5. The summed E-state index contributed by atoms with van der Waals surface area (Å²) in [6.07, 6.45) is 2.20. The molecule has 0 saturated heterocycles. The Labute approximate surface area is 175 Å². The zero-order chi connectivity index (χ0) is 21.2. The molecule has 0 bridgehead atoms. The lowest BCUT2D eigenvalue weighted by Crippen LogP contribution is -2.25. The Bertz CT molecular complexity index is 952. The van der Waals surface area contributed by atoms with Crippen molar-refractivity contribution in [2.24, 2.45) is 0 Å². The van der Waals surface area contributed by atoms with Crippen molar-refractivity contribution in [1.29, 1.82) is 0 Å². The molecular formula is C23H24N2O5. The van der Waals surface area contributed by atoms with E-state index in [0.29, 0.717) is 36.8 Å². The average molecular weight is 408 g/mol. The van der Waals surface area contributed by atoms with E-state index in [0.717, 1.165) is 5.75 Å². The maximum atomic E-state index is 12.3. The standard InChI is InChI=1S/C23H24N2O5/c1-2-28-17-11-13-18(14-12-17)30-20-8-4-3-7-19(20)25-22(26)10-5-15-24-23(27)21-9-6-16-29-21/h3-4,6-9,11-14,16H,2,5,10,15H2,1H3,(H,24,27)(H,25,26). The maximum absolute atomic E-state index is 12.3. The van der Waals surface area contributed by atoms with Crippen molar-refractivity contribution in [1.82, 2.24) is 5.32 Å². The van der Waals surface area contributed by atoms with Crippen LogP contribution in [0.1, 0.15) is 30.3 Å². The second-order valence-corrected chi connectivity index (χ2v) is 6.39. The third-order valence-electron chi connectivity index (χ3n) is 4.13. The predicted octanol–water partition coefficient (Wildman–Crippen LogP) is 4.62. The molecule has 30 heavy (non-hydrogen) atoms. The molecule has 0 aliphatic rings. The van der Waals surface area contributed by atoms with Crippen molar-refractivity contribution in [2.75, 3.05) is 18.5 Å². The molecule has 156 valence electrons. The minimum atomic E-state index is -0.297. The van der Waals surface area contributed by atoms with Gasteiger partial charge >= 0.3 is 0 Å². The molecule has 2 amide bonds. The topological polar surface area (TPSA) is 89.8 Å². The number of ether oxygens (including phenoxy) is 2. The number of amides is 2. The Morgan fingerprint density at radius 1 is 0.967 bits per heavy atom. The van der Waals surface area contributed by atoms with Gasteiger partial charge in [0.1, 0.15) is 11.5 Å². The lowest BCUT2D eigenvalue weighted by atomic mass is 10.2. The number of carbonyl (C=O) groups is 2. The molecule has 0 unspecified atom stereocenters. The van der Waals surface area contributed by atoms with Gasteiger partial charge in [-0.1, -0.05) is 12.1 Å². The number of anilines is 1. The third kappa shape index (κ3) is 6.13. The van der Waals surface area contributed by atoms with Crippen LogP contribution in [-0.2, 0) is 4.79 Å². The van der Waals surface area contributed by atoms with Gasteiger partial charge < -0.3 is 24.5 Å². The summed E-state index contributed by atoms with van der Waals surface area (Å²) >= 11 is 0. The largest absolute Gasteiger partial charge is 0.494 e. The highest BCUT2D eigenvalue weighted by molar-refractivity contribution is 5.93. The van der Waals surface area contributed by atoms with Crippen molar-refractivity contribution >= 4 is 17.5 Å². The zero-order valence-electron chi connectivity index (χ0n) is 16.7. The van der Waals surface area contributed by atoms with Gasteiger partial charge in [0.25, 0.3) is 5.91 Å². The first-order chi connectivity index (χ1) is 14.7. The molecule has 1 aromatic heterocycles. The summed E-state index contributed by atoms with van der Waals surface area (Å²) in [5, 5.41) is 5.57. The molecule has 7 heteroatoms. The maximum Gasteiger partial charge on any atom is 0.286 e. The van der Waals surface area contributed by atoms with Gasteiger partial charge in [-0.2, -0.15) is 0 Å². The van der Waals surface area contributed by atoms with Gasteiger partial charge in [-0.05, 0) is 61.9 Å². The molecule has 7 nitrogen and oxygen atoms in total. The monoisotopic (exact) mass is 408 g/mol. The Balaban J connectivity index is 1.49. The van der Waals surface area contributed by atoms with E-state index in [1.165, 1.54) is 6.26 Å². The number of hydrogen-bond donors (Lipinski definition) is 2. The van der Waals surface area contributed by atoms with Crippen molar-refractivity contribution in [3.05, 3.63) is 72.7 Å². The molecule has 3 rings (SSSR count). The molecule has 1 heterocycles. The van der Waals surface area contributed by atoms with Crippen molar-refractivity contribution in [3.8, 4) is 17.2 Å². The molecular weight excluding hydrogens is 384 g/mol. The van der Waals surface area contributed by atoms with E-state index in [1.807, 2.05) is 43.3 Å². The van der Waals surface area contributed by atoms with Crippen molar-refractivity contribution < 1.29 is 23.5 Å². The van der Waals surface area contributed by atoms with Crippen LogP contribution in [0.15, 0.2) is 71.3 Å². The number of hydrogen-bond acceptors (Lipinski definition) is 5. The molecule has 0 aliphatic heterocycles. The summed E-state index contributed by atoms with van der Waals surface area (Å²) in [5.41, 5.74) is 0.580. The van der Waals surface area contributed by atoms with Crippen LogP contribution in [0.4, 0.5) is 5.69 Å². The molecule has 0 saturated carbocycles. The molecule has 2 aromatic carbocycles. The Morgan fingerprint density at radius 2 is 1.73 bits per heavy atom. The Hall–Kier alpha value is -3.74. The highest BCUT2D eigenvalue weighted by Crippen LogP contribution is 2.30. The molecule has 3 aromatic rings. The molecule has 0 aliphatic carbocycles. The summed E-state index contributed by atoms with van der Waals surface area (Å²) in [5.74, 6) is 1.74. The minimum Gasteiger partial charge on any atom is -0.494 e. The fourth-order valence-corrected chi connectivity index (χ4v) is 2.71. The van der Waals surface area contributed by atoms with Gasteiger partial charge in [0.05, 0.1) is 18.6 Å². The Morgan fingerprint density at radius 3 is 2.47 bits per heavy atom. The first kappa shape index (κ1) is 21.0. The van der Waals surface area contributed by atoms with Gasteiger partial charge in [-0.3, -0.25) is 9.59 Å². The van der Waals surface area contributed by atoms with Gasteiger partial charge in [-0.15, -0.1) is 0 Å². The Kier molecular flexibility index (Phi) is 7.49. The first-order valence-corrected chi connectivity index (χ1v) is 9.77. The van der Waals surface area contributed by atoms with Crippen LogP contribution in [0.25, 0.3) is 0 Å². The van der Waals surface area contributed by atoms with Crippen LogP contribution in [0.5, 0.6) is 17.2 Å². The summed E-state index contributed by atoms with van der Waals surface area (Å²) in [6, 6.07) is 17.7. The molecule has 0 spiro atoms. The average Bonchev–Trinajstić information content (AvgIpc) is 3.29. The van der Waals surface area contributed by atoms with Gasteiger partial charge in [0.15, 0.2) is 11.5 Å². The van der Waals surface area contributed by atoms with Crippen LogP contribution in [0, 0.1) is 0 Å². The van der Waals surface area contributed by atoms with Gasteiger partial charge in [0, 0.05) is 13.0 Å².